The van der Waals surface area contributed by atoms with E-state index in [2.05, 4.69) is 4.74 Å². The first-order chi connectivity index (χ1) is 4.02. The lowest BCUT2D eigenvalue weighted by molar-refractivity contribution is 0.165. The Bertz CT molecular complexity index is 145. The van der Waals surface area contributed by atoms with Crippen LogP contribution in [-0.4, -0.2) is 15.9 Å². The third-order valence-corrected chi connectivity index (χ3v) is 1.89. The zero-order valence-corrected chi connectivity index (χ0v) is 6.50. The Morgan fingerprint density at radius 2 is 2.11 bits per heavy atom. The molecule has 1 aliphatic carbocycles. The predicted molar refractivity (Wildman–Crippen MR) is 35.2 cm³/mol. The minimum absolute atomic E-state index is 0.411. The molecule has 0 aromatic rings. The van der Waals surface area contributed by atoms with Crippen molar-refractivity contribution < 1.29 is 9.53 Å². The molecule has 0 amide bonds. The van der Waals surface area contributed by atoms with Gasteiger partial charge in [0, 0.05) is 18.0 Å². The molecule has 0 spiro atoms. The van der Waals surface area contributed by atoms with E-state index in [1.54, 1.807) is 0 Å². The molecule has 0 aromatic carbocycles. The molecule has 1 rings (SSSR count). The molecule has 0 bridgehead atoms. The second kappa shape index (κ2) is 2.19. The van der Waals surface area contributed by atoms with Crippen molar-refractivity contribution in [3.63, 3.8) is 0 Å². The maximum atomic E-state index is 10.0. The summed E-state index contributed by atoms with van der Waals surface area (Å²) < 4.78 is 3.55. The Kier molecular flexibility index (Phi) is 1.81. The standard InChI is InChI=1S/C4H3Cl3O2/c5-3(8)9-2-1-4(2,6)7/h2H,1H2. The SMILES string of the molecule is O=C(Cl)OC1CC1(Cl)Cl. The first kappa shape index (κ1) is 7.45. The van der Waals surface area contributed by atoms with Gasteiger partial charge in [0.15, 0.2) is 4.33 Å². The van der Waals surface area contributed by atoms with E-state index in [0.717, 1.165) is 0 Å². The van der Waals surface area contributed by atoms with E-state index in [9.17, 15) is 4.79 Å². The van der Waals surface area contributed by atoms with E-state index >= 15 is 0 Å². The lowest BCUT2D eigenvalue weighted by Gasteiger charge is -1.96. The highest BCUT2D eigenvalue weighted by atomic mass is 35.5. The molecule has 0 heterocycles. The highest BCUT2D eigenvalue weighted by Gasteiger charge is 2.55. The van der Waals surface area contributed by atoms with Crippen LogP contribution in [0.5, 0.6) is 0 Å². The molecule has 9 heavy (non-hydrogen) atoms. The summed E-state index contributed by atoms with van der Waals surface area (Å²) in [4.78, 5) is 10.0. The summed E-state index contributed by atoms with van der Waals surface area (Å²) >= 11 is 15.8. The van der Waals surface area contributed by atoms with Crippen LogP contribution in [0.15, 0.2) is 0 Å². The van der Waals surface area contributed by atoms with Gasteiger partial charge in [-0.3, -0.25) is 0 Å². The third-order valence-electron chi connectivity index (χ3n) is 1.00. The van der Waals surface area contributed by atoms with Crippen molar-refractivity contribution in [2.75, 3.05) is 0 Å². The van der Waals surface area contributed by atoms with Crippen LogP contribution in [0.3, 0.4) is 0 Å². The van der Waals surface area contributed by atoms with Crippen LogP contribution >= 0.6 is 34.8 Å². The molecule has 0 aromatic heterocycles. The normalized spacial score (nSPS) is 29.4. The number of hydrogen-bond acceptors (Lipinski definition) is 2. The zero-order valence-electron chi connectivity index (χ0n) is 4.23. The monoisotopic (exact) mass is 188 g/mol. The van der Waals surface area contributed by atoms with Gasteiger partial charge in [0.2, 0.25) is 0 Å². The van der Waals surface area contributed by atoms with Crippen LogP contribution in [0, 0.1) is 0 Å². The van der Waals surface area contributed by atoms with Crippen molar-refractivity contribution in [2.24, 2.45) is 0 Å². The van der Waals surface area contributed by atoms with Crippen molar-refractivity contribution in [2.45, 2.75) is 16.9 Å². The summed E-state index contributed by atoms with van der Waals surface area (Å²) in [6.45, 7) is 0. The molecule has 0 N–H and O–H groups in total. The molecule has 1 saturated carbocycles. The molecular formula is C4H3Cl3O2. The van der Waals surface area contributed by atoms with Gasteiger partial charge in [-0.15, -0.1) is 0 Å². The summed E-state index contributed by atoms with van der Waals surface area (Å²) in [5.74, 6) is 0. The Hall–Kier alpha value is 0.340. The average molecular weight is 189 g/mol. The molecule has 1 unspecified atom stereocenters. The largest absolute Gasteiger partial charge is 0.447 e. The van der Waals surface area contributed by atoms with Gasteiger partial charge in [-0.25, -0.2) is 4.79 Å². The zero-order chi connectivity index (χ0) is 7.07. The first-order valence-corrected chi connectivity index (χ1v) is 3.40. The fraction of sp³-hybridized carbons (Fsp3) is 0.750. The molecule has 5 heteroatoms. The van der Waals surface area contributed by atoms with Crippen molar-refractivity contribution in [3.8, 4) is 0 Å². The lowest BCUT2D eigenvalue weighted by Crippen LogP contribution is -2.03. The molecule has 1 aliphatic rings. The molecule has 1 atom stereocenters. The lowest BCUT2D eigenvalue weighted by atomic mass is 10.8. The molecule has 0 saturated heterocycles. The van der Waals surface area contributed by atoms with Gasteiger partial charge in [0.1, 0.15) is 6.10 Å². The Labute approximate surface area is 67.0 Å². The quantitative estimate of drug-likeness (QED) is 0.467. The van der Waals surface area contributed by atoms with Gasteiger partial charge in [-0.1, -0.05) is 23.2 Å². The Morgan fingerprint density at radius 3 is 2.22 bits per heavy atom. The van der Waals surface area contributed by atoms with Crippen molar-refractivity contribution in [1.29, 1.82) is 0 Å². The topological polar surface area (TPSA) is 26.3 Å². The van der Waals surface area contributed by atoms with Gasteiger partial charge in [0.05, 0.1) is 0 Å². The van der Waals surface area contributed by atoms with E-state index in [-0.39, 0.29) is 0 Å². The van der Waals surface area contributed by atoms with Crippen LogP contribution < -0.4 is 0 Å². The van der Waals surface area contributed by atoms with Gasteiger partial charge >= 0.3 is 5.43 Å². The predicted octanol–water partition coefficient (Wildman–Crippen LogP) is 2.31. The Morgan fingerprint density at radius 1 is 1.67 bits per heavy atom. The number of ether oxygens (including phenoxy) is 1. The highest BCUT2D eigenvalue weighted by Crippen LogP contribution is 2.49. The molecule has 52 valence electrons. The second-order valence-corrected chi connectivity index (χ2v) is 3.66. The summed E-state index contributed by atoms with van der Waals surface area (Å²) in [6.07, 6.45) is 0.0556. The average Bonchev–Trinajstić information content (AvgIpc) is 2.10. The molecular weight excluding hydrogens is 186 g/mol. The van der Waals surface area contributed by atoms with E-state index in [4.69, 9.17) is 34.8 Å². The molecule has 0 radical (unpaired) electrons. The van der Waals surface area contributed by atoms with Crippen LogP contribution in [0.25, 0.3) is 0 Å². The van der Waals surface area contributed by atoms with Crippen LogP contribution in [0.2, 0.25) is 0 Å². The smallest absolute Gasteiger partial charge is 0.404 e. The van der Waals surface area contributed by atoms with E-state index in [1.807, 2.05) is 0 Å². The fourth-order valence-corrected chi connectivity index (χ4v) is 0.905. The first-order valence-electron chi connectivity index (χ1n) is 2.26. The fourth-order valence-electron chi connectivity index (χ4n) is 0.428. The Balaban J connectivity index is 2.28. The van der Waals surface area contributed by atoms with E-state index in [1.165, 1.54) is 0 Å². The number of hydrogen-bond donors (Lipinski definition) is 0. The van der Waals surface area contributed by atoms with E-state index in [0.29, 0.717) is 6.42 Å². The van der Waals surface area contributed by atoms with Gasteiger partial charge < -0.3 is 4.74 Å². The third kappa shape index (κ3) is 1.88. The molecule has 2 nitrogen and oxygen atoms in total. The number of halogens is 3. The van der Waals surface area contributed by atoms with Crippen LogP contribution in [0.4, 0.5) is 4.79 Å². The summed E-state index contributed by atoms with van der Waals surface area (Å²) in [5, 5.41) is 0. The van der Waals surface area contributed by atoms with Crippen molar-refractivity contribution in [1.82, 2.24) is 0 Å². The van der Waals surface area contributed by atoms with Gasteiger partial charge in [-0.05, 0) is 0 Å². The summed E-state index contributed by atoms with van der Waals surface area (Å²) in [7, 11) is 0. The minimum Gasteiger partial charge on any atom is -0.447 e. The van der Waals surface area contributed by atoms with Crippen molar-refractivity contribution in [3.05, 3.63) is 0 Å². The maximum Gasteiger partial charge on any atom is 0.404 e. The minimum atomic E-state index is -0.884. The maximum absolute atomic E-state index is 10.0. The summed E-state index contributed by atoms with van der Waals surface area (Å²) in [6, 6.07) is 0. The molecule has 1 fully saturated rings. The number of rotatable bonds is 1. The summed E-state index contributed by atoms with van der Waals surface area (Å²) in [5.41, 5.74) is -0.858. The van der Waals surface area contributed by atoms with Gasteiger partial charge in [-0.2, -0.15) is 0 Å². The number of carbonyl (C=O) groups is 1. The highest BCUT2D eigenvalue weighted by molar-refractivity contribution is 6.61. The second-order valence-electron chi connectivity index (χ2n) is 1.81. The van der Waals surface area contributed by atoms with Crippen LogP contribution in [0.1, 0.15) is 6.42 Å². The number of carbonyl (C=O) groups excluding carboxylic acids is 1. The number of alkyl halides is 2. The van der Waals surface area contributed by atoms with Crippen LogP contribution in [-0.2, 0) is 4.74 Å². The van der Waals surface area contributed by atoms with Gasteiger partial charge in [0.25, 0.3) is 0 Å². The molecule has 0 aliphatic heterocycles. The van der Waals surface area contributed by atoms with Crippen molar-refractivity contribution >= 4 is 40.2 Å². The van der Waals surface area contributed by atoms with E-state index < -0.39 is 15.9 Å².